The third-order valence-electron chi connectivity index (χ3n) is 7.09. The van der Waals surface area contributed by atoms with Crippen LogP contribution in [-0.4, -0.2) is 37.6 Å². The summed E-state index contributed by atoms with van der Waals surface area (Å²) in [6.45, 7) is 4.04. The number of carbonyl (C=O) groups is 1. The Morgan fingerprint density at radius 1 is 0.906 bits per heavy atom. The third-order valence-corrected chi connectivity index (χ3v) is 7.09. The van der Waals surface area contributed by atoms with Crippen LogP contribution in [0.2, 0.25) is 0 Å². The predicted molar refractivity (Wildman–Crippen MR) is 131 cm³/mol. The minimum absolute atomic E-state index is 0.0643. The first-order valence-corrected chi connectivity index (χ1v) is 12.5. The van der Waals surface area contributed by atoms with Crippen LogP contribution in [0, 0.1) is 5.92 Å². The summed E-state index contributed by atoms with van der Waals surface area (Å²) in [6.07, 6.45) is 11.6. The molecule has 1 fully saturated rings. The molecule has 4 nitrogen and oxygen atoms in total. The largest absolute Gasteiger partial charge is 0.497 e. The maximum atomic E-state index is 13.6. The smallest absolute Gasteiger partial charge is 0.258 e. The van der Waals surface area contributed by atoms with Gasteiger partial charge < -0.3 is 9.64 Å². The summed E-state index contributed by atoms with van der Waals surface area (Å²) in [4.78, 5) is 18.3. The van der Waals surface area contributed by atoms with E-state index in [2.05, 4.69) is 29.2 Å². The molecule has 0 spiro atoms. The number of fused-ring (bicyclic) bond motifs is 1. The van der Waals surface area contributed by atoms with Crippen LogP contribution in [0.5, 0.6) is 5.75 Å². The molecule has 0 aromatic heterocycles. The molecule has 2 aliphatic rings. The molecule has 0 N–H and O–H groups in total. The minimum Gasteiger partial charge on any atom is -0.497 e. The maximum Gasteiger partial charge on any atom is 0.258 e. The van der Waals surface area contributed by atoms with E-state index in [-0.39, 0.29) is 5.91 Å². The lowest BCUT2D eigenvalue weighted by Crippen LogP contribution is -2.34. The normalized spacial score (nSPS) is 19.1. The van der Waals surface area contributed by atoms with Crippen molar-refractivity contribution in [3.63, 3.8) is 0 Å². The second kappa shape index (κ2) is 11.5. The number of benzene rings is 2. The quantitative estimate of drug-likeness (QED) is 0.566. The summed E-state index contributed by atoms with van der Waals surface area (Å²) in [5, 5.41) is 0. The standard InChI is InChI=1S/C28H38N2O2/c1-32-26-16-11-15-24(20-26)28(31)30-19-10-3-2-9-18-29(21-23-12-5-4-6-13-23)22-25-14-7-8-17-27(25)30/h7-8,11,14-17,20,23H,2-6,9-10,12-13,18-19,21-22H2,1H3. The molecule has 2 aromatic carbocycles. The Morgan fingerprint density at radius 2 is 1.66 bits per heavy atom. The van der Waals surface area contributed by atoms with Crippen molar-refractivity contribution in [3.8, 4) is 5.75 Å². The van der Waals surface area contributed by atoms with Gasteiger partial charge in [0.05, 0.1) is 7.11 Å². The van der Waals surface area contributed by atoms with Gasteiger partial charge in [-0.2, -0.15) is 0 Å². The van der Waals surface area contributed by atoms with Gasteiger partial charge >= 0.3 is 0 Å². The number of rotatable bonds is 4. The van der Waals surface area contributed by atoms with Crippen molar-refractivity contribution in [2.24, 2.45) is 5.92 Å². The van der Waals surface area contributed by atoms with Crippen molar-refractivity contribution in [1.29, 1.82) is 0 Å². The highest BCUT2D eigenvalue weighted by molar-refractivity contribution is 6.06. The highest BCUT2D eigenvalue weighted by Crippen LogP contribution is 2.29. The van der Waals surface area contributed by atoms with E-state index in [1.165, 1.54) is 63.5 Å². The first-order valence-electron chi connectivity index (χ1n) is 12.5. The highest BCUT2D eigenvalue weighted by atomic mass is 16.5. The molecule has 1 aliphatic heterocycles. The summed E-state index contributed by atoms with van der Waals surface area (Å²) in [5.41, 5.74) is 3.02. The van der Waals surface area contributed by atoms with E-state index in [4.69, 9.17) is 4.74 Å². The molecule has 2 aromatic rings. The lowest BCUT2D eigenvalue weighted by atomic mass is 9.89. The zero-order valence-electron chi connectivity index (χ0n) is 19.6. The molecule has 0 saturated heterocycles. The topological polar surface area (TPSA) is 32.8 Å². The highest BCUT2D eigenvalue weighted by Gasteiger charge is 2.23. The summed E-state index contributed by atoms with van der Waals surface area (Å²) in [7, 11) is 1.65. The second-order valence-corrected chi connectivity index (χ2v) is 9.47. The van der Waals surface area contributed by atoms with Crippen LogP contribution in [0.15, 0.2) is 48.5 Å². The van der Waals surface area contributed by atoms with Crippen LogP contribution < -0.4 is 9.64 Å². The number of para-hydroxylation sites is 1. The van der Waals surface area contributed by atoms with Crippen LogP contribution >= 0.6 is 0 Å². The number of amides is 1. The van der Waals surface area contributed by atoms with Gasteiger partial charge in [0.2, 0.25) is 0 Å². The van der Waals surface area contributed by atoms with E-state index in [1.807, 2.05) is 29.2 Å². The van der Waals surface area contributed by atoms with E-state index in [0.717, 1.165) is 43.4 Å². The Hall–Kier alpha value is -2.33. The Labute approximate surface area is 193 Å². The lowest BCUT2D eigenvalue weighted by molar-refractivity contribution is 0.0985. The molecule has 32 heavy (non-hydrogen) atoms. The average Bonchev–Trinajstić information content (AvgIpc) is 2.88. The van der Waals surface area contributed by atoms with Crippen LogP contribution in [-0.2, 0) is 6.54 Å². The van der Waals surface area contributed by atoms with Gasteiger partial charge in [-0.05, 0) is 68.0 Å². The second-order valence-electron chi connectivity index (χ2n) is 9.47. The van der Waals surface area contributed by atoms with Gasteiger partial charge in [0.25, 0.3) is 5.91 Å². The van der Waals surface area contributed by atoms with E-state index < -0.39 is 0 Å². The van der Waals surface area contributed by atoms with Crippen molar-refractivity contribution in [2.75, 3.05) is 31.6 Å². The maximum absolute atomic E-state index is 13.6. The number of hydrogen-bond donors (Lipinski definition) is 0. The zero-order valence-corrected chi connectivity index (χ0v) is 19.6. The van der Waals surface area contributed by atoms with Crippen LogP contribution in [0.1, 0.15) is 73.7 Å². The van der Waals surface area contributed by atoms with E-state index in [9.17, 15) is 4.79 Å². The van der Waals surface area contributed by atoms with E-state index in [0.29, 0.717) is 5.56 Å². The Kier molecular flexibility index (Phi) is 8.22. The first-order chi connectivity index (χ1) is 15.7. The van der Waals surface area contributed by atoms with Gasteiger partial charge in [-0.25, -0.2) is 0 Å². The fourth-order valence-corrected chi connectivity index (χ4v) is 5.32. The number of anilines is 1. The van der Waals surface area contributed by atoms with Gasteiger partial charge in [-0.3, -0.25) is 9.69 Å². The monoisotopic (exact) mass is 434 g/mol. The fraction of sp³-hybridized carbons (Fsp3) is 0.536. The van der Waals surface area contributed by atoms with Crippen molar-refractivity contribution >= 4 is 11.6 Å². The lowest BCUT2D eigenvalue weighted by Gasteiger charge is -2.31. The molecule has 0 atom stereocenters. The van der Waals surface area contributed by atoms with Gasteiger partial charge in [-0.15, -0.1) is 0 Å². The third kappa shape index (κ3) is 5.92. The predicted octanol–water partition coefficient (Wildman–Crippen LogP) is 6.30. The number of hydrogen-bond acceptors (Lipinski definition) is 3. The molecule has 0 unspecified atom stereocenters. The number of nitrogens with zero attached hydrogens (tertiary/aromatic N) is 2. The average molecular weight is 435 g/mol. The molecular weight excluding hydrogens is 396 g/mol. The zero-order chi connectivity index (χ0) is 22.2. The van der Waals surface area contributed by atoms with Crippen LogP contribution in [0.25, 0.3) is 0 Å². The molecule has 1 amide bonds. The van der Waals surface area contributed by atoms with Crippen molar-refractivity contribution < 1.29 is 9.53 Å². The van der Waals surface area contributed by atoms with Crippen molar-refractivity contribution in [1.82, 2.24) is 4.90 Å². The van der Waals surface area contributed by atoms with Gasteiger partial charge in [0.1, 0.15) is 5.75 Å². The molecule has 1 heterocycles. The molecule has 1 saturated carbocycles. The SMILES string of the molecule is COc1cccc(C(=O)N2CCCCCCN(CC3CCCCC3)Cc3ccccc32)c1. The molecule has 4 heteroatoms. The van der Waals surface area contributed by atoms with Crippen LogP contribution in [0.4, 0.5) is 5.69 Å². The molecule has 4 rings (SSSR count). The molecule has 0 bridgehead atoms. The molecular formula is C28H38N2O2. The molecule has 172 valence electrons. The summed E-state index contributed by atoms with van der Waals surface area (Å²) >= 11 is 0. The Morgan fingerprint density at radius 3 is 2.47 bits per heavy atom. The Balaban J connectivity index is 1.60. The molecule has 1 aliphatic carbocycles. The van der Waals surface area contributed by atoms with Gasteiger partial charge in [0.15, 0.2) is 0 Å². The van der Waals surface area contributed by atoms with E-state index in [1.54, 1.807) is 7.11 Å². The number of carbonyl (C=O) groups excluding carboxylic acids is 1. The minimum atomic E-state index is 0.0643. The van der Waals surface area contributed by atoms with E-state index >= 15 is 0 Å². The number of methoxy groups -OCH3 is 1. The summed E-state index contributed by atoms with van der Waals surface area (Å²) in [6, 6.07) is 16.1. The fourth-order valence-electron chi connectivity index (χ4n) is 5.32. The molecule has 0 radical (unpaired) electrons. The van der Waals surface area contributed by atoms with Crippen molar-refractivity contribution in [2.45, 2.75) is 64.3 Å². The number of ether oxygens (including phenoxy) is 1. The van der Waals surface area contributed by atoms with Gasteiger partial charge in [-0.1, -0.05) is 56.4 Å². The van der Waals surface area contributed by atoms with Gasteiger partial charge in [0, 0.05) is 30.9 Å². The first kappa shape index (κ1) is 22.8. The summed E-state index contributed by atoms with van der Waals surface area (Å²) in [5.74, 6) is 1.62. The Bertz CT molecular complexity index is 875. The van der Waals surface area contributed by atoms with Crippen molar-refractivity contribution in [3.05, 3.63) is 59.7 Å². The van der Waals surface area contributed by atoms with Crippen LogP contribution in [0.3, 0.4) is 0 Å². The summed E-state index contributed by atoms with van der Waals surface area (Å²) < 4.78 is 5.37.